The van der Waals surface area contributed by atoms with Crippen LogP contribution in [-0.4, -0.2) is 32.4 Å². The molecule has 0 bridgehead atoms. The second-order valence-electron chi connectivity index (χ2n) is 5.50. The van der Waals surface area contributed by atoms with E-state index in [1.807, 2.05) is 12.4 Å². The standard InChI is InChI=1S/C13H22N2O2S2/c1-10(2)8-15(12-4-5-12)19(16,17)13-6-11(7-14-3)9-18-13/h6,9-10,12,14H,4-5,7-8H2,1-3H3. The third-order valence-corrected chi connectivity index (χ3v) is 6.46. The number of nitrogens with zero attached hydrogens (tertiary/aromatic N) is 1. The van der Waals surface area contributed by atoms with Gasteiger partial charge in [-0.05, 0) is 42.8 Å². The molecule has 0 aliphatic heterocycles. The molecular weight excluding hydrogens is 280 g/mol. The van der Waals surface area contributed by atoms with E-state index in [0.29, 0.717) is 23.2 Å². The molecule has 2 rings (SSSR count). The topological polar surface area (TPSA) is 49.4 Å². The summed E-state index contributed by atoms with van der Waals surface area (Å²) in [5.41, 5.74) is 1.03. The molecular formula is C13H22N2O2S2. The fraction of sp³-hybridized carbons (Fsp3) is 0.692. The molecule has 0 atom stereocenters. The van der Waals surface area contributed by atoms with Crippen LogP contribution in [0.25, 0.3) is 0 Å². The average molecular weight is 302 g/mol. The molecule has 1 heterocycles. The summed E-state index contributed by atoms with van der Waals surface area (Å²) in [5.74, 6) is 0.354. The highest BCUT2D eigenvalue weighted by molar-refractivity contribution is 7.91. The first-order valence-corrected chi connectivity index (χ1v) is 9.01. The highest BCUT2D eigenvalue weighted by Gasteiger charge is 2.38. The Labute approximate surface area is 119 Å². The van der Waals surface area contributed by atoms with Gasteiger partial charge in [0.15, 0.2) is 0 Å². The van der Waals surface area contributed by atoms with Crippen LogP contribution in [0.4, 0.5) is 0 Å². The van der Waals surface area contributed by atoms with Crippen LogP contribution in [0.2, 0.25) is 0 Å². The van der Waals surface area contributed by atoms with Crippen LogP contribution in [0, 0.1) is 5.92 Å². The lowest BCUT2D eigenvalue weighted by molar-refractivity contribution is 0.361. The van der Waals surface area contributed by atoms with Gasteiger partial charge in [0.2, 0.25) is 0 Å². The number of rotatable bonds is 7. The molecule has 1 N–H and O–H groups in total. The van der Waals surface area contributed by atoms with Crippen LogP contribution < -0.4 is 5.32 Å². The normalized spacial score (nSPS) is 16.5. The highest BCUT2D eigenvalue weighted by atomic mass is 32.2. The largest absolute Gasteiger partial charge is 0.316 e. The van der Waals surface area contributed by atoms with Gasteiger partial charge in [0.05, 0.1) is 0 Å². The second-order valence-corrected chi connectivity index (χ2v) is 8.53. The molecule has 1 aromatic heterocycles. The van der Waals surface area contributed by atoms with Gasteiger partial charge < -0.3 is 5.32 Å². The van der Waals surface area contributed by atoms with Gasteiger partial charge in [-0.2, -0.15) is 4.31 Å². The molecule has 19 heavy (non-hydrogen) atoms. The Morgan fingerprint density at radius 2 is 2.16 bits per heavy atom. The summed E-state index contributed by atoms with van der Waals surface area (Å²) in [4.78, 5) is 0. The number of hydrogen-bond donors (Lipinski definition) is 1. The minimum atomic E-state index is -3.31. The minimum absolute atomic E-state index is 0.224. The molecule has 6 heteroatoms. The maximum absolute atomic E-state index is 12.7. The lowest BCUT2D eigenvalue weighted by Crippen LogP contribution is -2.35. The van der Waals surface area contributed by atoms with Gasteiger partial charge in [0, 0.05) is 19.1 Å². The van der Waals surface area contributed by atoms with Crippen LogP contribution in [0.3, 0.4) is 0 Å². The van der Waals surface area contributed by atoms with E-state index in [2.05, 4.69) is 19.2 Å². The third kappa shape index (κ3) is 3.56. The summed E-state index contributed by atoms with van der Waals surface area (Å²) in [7, 11) is -1.44. The van der Waals surface area contributed by atoms with Crippen molar-refractivity contribution in [2.24, 2.45) is 5.92 Å². The van der Waals surface area contributed by atoms with E-state index in [1.54, 1.807) is 10.4 Å². The summed E-state index contributed by atoms with van der Waals surface area (Å²) in [6.45, 7) is 5.45. The fourth-order valence-corrected chi connectivity index (χ4v) is 5.25. The smallest absolute Gasteiger partial charge is 0.252 e. The van der Waals surface area contributed by atoms with Gasteiger partial charge in [0.1, 0.15) is 4.21 Å². The van der Waals surface area contributed by atoms with E-state index in [4.69, 9.17) is 0 Å². The van der Waals surface area contributed by atoms with Crippen molar-refractivity contribution in [2.75, 3.05) is 13.6 Å². The summed E-state index contributed by atoms with van der Waals surface area (Å²) in [6, 6.07) is 2.02. The van der Waals surface area contributed by atoms with E-state index in [-0.39, 0.29) is 6.04 Å². The average Bonchev–Trinajstić information content (AvgIpc) is 3.05. The summed E-state index contributed by atoms with van der Waals surface area (Å²) in [6.07, 6.45) is 2.00. The molecule has 1 saturated carbocycles. The fourth-order valence-electron chi connectivity index (χ4n) is 2.07. The van der Waals surface area contributed by atoms with E-state index in [9.17, 15) is 8.42 Å². The Bertz CT molecular complexity index is 519. The third-order valence-electron chi connectivity index (χ3n) is 3.07. The Kier molecular flexibility index (Phi) is 4.66. The van der Waals surface area contributed by atoms with Gasteiger partial charge in [-0.25, -0.2) is 8.42 Å². The van der Waals surface area contributed by atoms with Crippen molar-refractivity contribution in [1.82, 2.24) is 9.62 Å². The molecule has 0 unspecified atom stereocenters. The number of hydrogen-bond acceptors (Lipinski definition) is 4. The number of sulfonamides is 1. The number of thiophene rings is 1. The first-order valence-electron chi connectivity index (χ1n) is 6.69. The van der Waals surface area contributed by atoms with Gasteiger partial charge in [-0.3, -0.25) is 0 Å². The van der Waals surface area contributed by atoms with Crippen LogP contribution in [0.5, 0.6) is 0 Å². The van der Waals surface area contributed by atoms with Gasteiger partial charge in [-0.15, -0.1) is 11.3 Å². The lowest BCUT2D eigenvalue weighted by Gasteiger charge is -2.22. The van der Waals surface area contributed by atoms with Crippen molar-refractivity contribution in [3.8, 4) is 0 Å². The zero-order chi connectivity index (χ0) is 14.0. The Morgan fingerprint density at radius 1 is 1.47 bits per heavy atom. The lowest BCUT2D eigenvalue weighted by atomic mass is 10.2. The van der Waals surface area contributed by atoms with Crippen molar-refractivity contribution in [3.05, 3.63) is 17.0 Å². The monoisotopic (exact) mass is 302 g/mol. The van der Waals surface area contributed by atoms with Gasteiger partial charge in [0.25, 0.3) is 10.0 Å². The first kappa shape index (κ1) is 15.0. The predicted octanol–water partition coefficient (Wildman–Crippen LogP) is 2.28. The molecule has 4 nitrogen and oxygen atoms in total. The molecule has 1 aliphatic carbocycles. The SMILES string of the molecule is CNCc1csc(S(=O)(=O)N(CC(C)C)C2CC2)c1. The Morgan fingerprint density at radius 3 is 2.68 bits per heavy atom. The molecule has 0 spiro atoms. The quantitative estimate of drug-likeness (QED) is 0.840. The highest BCUT2D eigenvalue weighted by Crippen LogP contribution is 2.34. The molecule has 0 aromatic carbocycles. The van der Waals surface area contributed by atoms with Crippen LogP contribution >= 0.6 is 11.3 Å². The van der Waals surface area contributed by atoms with Gasteiger partial charge in [-0.1, -0.05) is 13.8 Å². The van der Waals surface area contributed by atoms with Crippen LogP contribution in [0.1, 0.15) is 32.3 Å². The molecule has 108 valence electrons. The maximum Gasteiger partial charge on any atom is 0.252 e. The Balaban J connectivity index is 2.22. The van der Waals surface area contributed by atoms with E-state index in [1.165, 1.54) is 11.3 Å². The summed E-state index contributed by atoms with van der Waals surface area (Å²) < 4.78 is 27.5. The Hall–Kier alpha value is -0.430. The molecule has 0 radical (unpaired) electrons. The van der Waals surface area contributed by atoms with Gasteiger partial charge >= 0.3 is 0 Å². The molecule has 0 amide bonds. The maximum atomic E-state index is 12.7. The van der Waals surface area contributed by atoms with Crippen LogP contribution in [-0.2, 0) is 16.6 Å². The summed E-state index contributed by atoms with van der Waals surface area (Å²) in [5, 5.41) is 4.96. The minimum Gasteiger partial charge on any atom is -0.316 e. The number of nitrogens with one attached hydrogen (secondary N) is 1. The van der Waals surface area contributed by atoms with Crippen molar-refractivity contribution < 1.29 is 8.42 Å². The molecule has 1 aromatic rings. The van der Waals surface area contributed by atoms with Crippen molar-refractivity contribution in [1.29, 1.82) is 0 Å². The van der Waals surface area contributed by atoms with Crippen molar-refractivity contribution in [3.63, 3.8) is 0 Å². The zero-order valence-electron chi connectivity index (χ0n) is 11.7. The summed E-state index contributed by atoms with van der Waals surface area (Å²) >= 11 is 1.33. The van der Waals surface area contributed by atoms with E-state index >= 15 is 0 Å². The van der Waals surface area contributed by atoms with Crippen LogP contribution in [0.15, 0.2) is 15.7 Å². The van der Waals surface area contributed by atoms with Crippen molar-refractivity contribution in [2.45, 2.75) is 43.5 Å². The van der Waals surface area contributed by atoms with E-state index in [0.717, 1.165) is 18.4 Å². The van der Waals surface area contributed by atoms with Crippen molar-refractivity contribution >= 4 is 21.4 Å². The van der Waals surface area contributed by atoms with E-state index < -0.39 is 10.0 Å². The molecule has 1 aliphatic rings. The first-order chi connectivity index (χ1) is 8.95. The predicted molar refractivity (Wildman–Crippen MR) is 78.8 cm³/mol. The molecule has 0 saturated heterocycles. The molecule has 1 fully saturated rings. The zero-order valence-corrected chi connectivity index (χ0v) is 13.4. The second kappa shape index (κ2) is 5.91.